The van der Waals surface area contributed by atoms with Gasteiger partial charge in [-0.25, -0.2) is 25.9 Å². The molecule has 1 aliphatic heterocycles. The van der Waals surface area contributed by atoms with Gasteiger partial charge in [0.05, 0.1) is 30.4 Å². The van der Waals surface area contributed by atoms with Gasteiger partial charge in [-0.15, -0.1) is 0 Å². The van der Waals surface area contributed by atoms with Crippen molar-refractivity contribution in [3.63, 3.8) is 0 Å². The lowest BCUT2D eigenvalue weighted by Crippen LogP contribution is -2.35. The summed E-state index contributed by atoms with van der Waals surface area (Å²) < 4.78 is 64.8. The minimum Gasteiger partial charge on any atom is -0.492 e. The molecule has 1 atom stereocenters. The lowest BCUT2D eigenvalue weighted by molar-refractivity contribution is -0.116. The van der Waals surface area contributed by atoms with E-state index >= 15 is 0 Å². The van der Waals surface area contributed by atoms with Crippen LogP contribution in [0.3, 0.4) is 0 Å². The van der Waals surface area contributed by atoms with Gasteiger partial charge in [-0.1, -0.05) is 0 Å². The van der Waals surface area contributed by atoms with Crippen LogP contribution in [0.2, 0.25) is 0 Å². The third-order valence-electron chi connectivity index (χ3n) is 4.79. The second-order valence-electron chi connectivity index (χ2n) is 7.13. The fourth-order valence-corrected chi connectivity index (χ4v) is 5.91. The summed E-state index contributed by atoms with van der Waals surface area (Å²) in [5.74, 6) is -0.277. The molecule has 0 aliphatic carbocycles. The number of hydrogen-bond acceptors (Lipinski definition) is 8. The number of carbonyl (C=O) groups is 1. The lowest BCUT2D eigenvalue weighted by atomic mass is 10.2. The molecule has 12 heteroatoms. The number of hydrogen-bond donors (Lipinski definition) is 1. The van der Waals surface area contributed by atoms with Crippen molar-refractivity contribution in [2.24, 2.45) is 0 Å². The highest BCUT2D eigenvalue weighted by Gasteiger charge is 2.37. The van der Waals surface area contributed by atoms with Crippen LogP contribution in [0, 0.1) is 0 Å². The summed E-state index contributed by atoms with van der Waals surface area (Å²) in [5, 5.41) is 0. The van der Waals surface area contributed by atoms with Crippen LogP contribution in [-0.4, -0.2) is 60.6 Å². The predicted octanol–water partition coefficient (Wildman–Crippen LogP) is 1.33. The zero-order valence-electron chi connectivity index (χ0n) is 17.4. The summed E-state index contributed by atoms with van der Waals surface area (Å²) in [6, 6.07) is 6.94. The molecule has 1 aromatic carbocycles. The van der Waals surface area contributed by atoms with Crippen molar-refractivity contribution in [2.45, 2.75) is 24.3 Å². The first-order chi connectivity index (χ1) is 14.6. The summed E-state index contributed by atoms with van der Waals surface area (Å²) in [6.07, 6.45) is 1.36. The molecule has 10 nitrogen and oxygen atoms in total. The second kappa shape index (κ2) is 8.99. The molecule has 31 heavy (non-hydrogen) atoms. The van der Waals surface area contributed by atoms with Crippen LogP contribution in [0.1, 0.15) is 25.1 Å². The first kappa shape index (κ1) is 23.3. The number of sulfonamides is 2. The van der Waals surface area contributed by atoms with Crippen LogP contribution < -0.4 is 13.8 Å². The van der Waals surface area contributed by atoms with Gasteiger partial charge in [0.15, 0.2) is 0 Å². The standard InChI is InChI=1S/C19H25N3O7S2/c1-4-28-17-8-7-14(22-19(23)9-11-30(22,24)25)12-18(17)31(26,27)20-13-15(21(2)3)16-6-5-10-29-16/h5-8,10,12,15,20H,4,9,11,13H2,1-3H3. The maximum absolute atomic E-state index is 13.1. The molecule has 1 saturated heterocycles. The van der Waals surface area contributed by atoms with Crippen molar-refractivity contribution in [3.8, 4) is 5.75 Å². The Labute approximate surface area is 181 Å². The number of furan rings is 1. The highest BCUT2D eigenvalue weighted by atomic mass is 32.2. The van der Waals surface area contributed by atoms with Crippen LogP contribution in [0.4, 0.5) is 5.69 Å². The predicted molar refractivity (Wildman–Crippen MR) is 114 cm³/mol. The van der Waals surface area contributed by atoms with Gasteiger partial charge < -0.3 is 9.15 Å². The van der Waals surface area contributed by atoms with Crippen molar-refractivity contribution in [1.82, 2.24) is 9.62 Å². The summed E-state index contributed by atoms with van der Waals surface area (Å²) in [7, 11) is -4.37. The van der Waals surface area contributed by atoms with Crippen LogP contribution in [0.15, 0.2) is 45.9 Å². The van der Waals surface area contributed by atoms with E-state index < -0.39 is 26.0 Å². The maximum Gasteiger partial charge on any atom is 0.244 e. The van der Waals surface area contributed by atoms with Crippen molar-refractivity contribution < 1.29 is 30.8 Å². The zero-order chi connectivity index (χ0) is 22.8. The average Bonchev–Trinajstić information content (AvgIpc) is 3.30. The molecule has 2 heterocycles. The summed E-state index contributed by atoms with van der Waals surface area (Å²) in [5.41, 5.74) is -0.0403. The first-order valence-electron chi connectivity index (χ1n) is 9.59. The first-order valence-corrected chi connectivity index (χ1v) is 12.7. The SMILES string of the molecule is CCOc1ccc(N2C(=O)CCS2(=O)=O)cc1S(=O)(=O)NCC(c1ccco1)N(C)C. The van der Waals surface area contributed by atoms with Crippen molar-refractivity contribution in [3.05, 3.63) is 42.4 Å². The Kier molecular flexibility index (Phi) is 6.74. The van der Waals surface area contributed by atoms with Crippen LogP contribution in [0.25, 0.3) is 0 Å². The number of carbonyl (C=O) groups excluding carboxylic acids is 1. The number of amides is 1. The highest BCUT2D eigenvalue weighted by molar-refractivity contribution is 7.94. The fraction of sp³-hybridized carbons (Fsp3) is 0.421. The average molecular weight is 472 g/mol. The minimum atomic E-state index is -4.12. The van der Waals surface area contributed by atoms with E-state index in [9.17, 15) is 21.6 Å². The summed E-state index contributed by atoms with van der Waals surface area (Å²) in [4.78, 5) is 13.7. The van der Waals surface area contributed by atoms with E-state index in [2.05, 4.69) is 4.72 Å². The normalized spacial score (nSPS) is 17.3. The molecule has 2 aromatic rings. The van der Waals surface area contributed by atoms with E-state index in [1.807, 2.05) is 0 Å². The lowest BCUT2D eigenvalue weighted by Gasteiger charge is -2.23. The Morgan fingerprint density at radius 2 is 2.03 bits per heavy atom. The van der Waals surface area contributed by atoms with Crippen molar-refractivity contribution >= 4 is 31.6 Å². The Hall–Kier alpha value is -2.41. The Morgan fingerprint density at radius 1 is 1.29 bits per heavy atom. The topological polar surface area (TPSA) is 126 Å². The number of rotatable bonds is 9. The van der Waals surface area contributed by atoms with Gasteiger partial charge >= 0.3 is 0 Å². The molecule has 1 unspecified atom stereocenters. The van der Waals surface area contributed by atoms with Crippen LogP contribution in [0.5, 0.6) is 5.75 Å². The number of nitrogens with zero attached hydrogens (tertiary/aromatic N) is 2. The fourth-order valence-electron chi connectivity index (χ4n) is 3.26. The van der Waals surface area contributed by atoms with Gasteiger partial charge in [-0.2, -0.15) is 0 Å². The number of nitrogens with one attached hydrogen (secondary N) is 1. The van der Waals surface area contributed by atoms with Crippen LogP contribution in [-0.2, 0) is 24.8 Å². The van der Waals surface area contributed by atoms with Gasteiger partial charge in [0.25, 0.3) is 0 Å². The quantitative estimate of drug-likeness (QED) is 0.580. The van der Waals surface area contributed by atoms with E-state index in [4.69, 9.17) is 9.15 Å². The third-order valence-corrected chi connectivity index (χ3v) is 7.93. The summed E-state index contributed by atoms with van der Waals surface area (Å²) >= 11 is 0. The van der Waals surface area contributed by atoms with Gasteiger partial charge in [-0.05, 0) is 51.4 Å². The van der Waals surface area contributed by atoms with Gasteiger partial charge in [0.2, 0.25) is 26.0 Å². The van der Waals surface area contributed by atoms with Gasteiger partial charge in [0.1, 0.15) is 16.4 Å². The largest absolute Gasteiger partial charge is 0.492 e. The van der Waals surface area contributed by atoms with Crippen molar-refractivity contribution in [1.29, 1.82) is 0 Å². The smallest absolute Gasteiger partial charge is 0.244 e. The molecular formula is C19H25N3O7S2. The van der Waals surface area contributed by atoms with Crippen LogP contribution >= 0.6 is 0 Å². The van der Waals surface area contributed by atoms with E-state index in [-0.39, 0.29) is 47.7 Å². The van der Waals surface area contributed by atoms with E-state index in [1.165, 1.54) is 18.4 Å². The number of anilines is 1. The van der Waals surface area contributed by atoms with Gasteiger partial charge in [0, 0.05) is 13.0 Å². The molecule has 3 rings (SSSR count). The van der Waals surface area contributed by atoms with Gasteiger partial charge in [-0.3, -0.25) is 9.69 Å². The molecule has 1 N–H and O–H groups in total. The Bertz CT molecular complexity index is 1140. The van der Waals surface area contributed by atoms with E-state index in [1.54, 1.807) is 38.1 Å². The summed E-state index contributed by atoms with van der Waals surface area (Å²) in [6.45, 7) is 1.90. The molecule has 1 aliphatic rings. The number of likely N-dealkylation sites (N-methyl/N-ethyl adjacent to an activating group) is 1. The maximum atomic E-state index is 13.1. The Morgan fingerprint density at radius 3 is 2.58 bits per heavy atom. The molecule has 170 valence electrons. The molecule has 0 saturated carbocycles. The van der Waals surface area contributed by atoms with Crippen molar-refractivity contribution in [2.75, 3.05) is 37.3 Å². The molecule has 1 amide bonds. The molecule has 0 spiro atoms. The molecular weight excluding hydrogens is 446 g/mol. The minimum absolute atomic E-state index is 0.000414. The number of benzene rings is 1. The zero-order valence-corrected chi connectivity index (χ0v) is 19.1. The second-order valence-corrected chi connectivity index (χ2v) is 10.8. The molecule has 0 radical (unpaired) electrons. The van der Waals surface area contributed by atoms with E-state index in [0.29, 0.717) is 10.1 Å². The highest BCUT2D eigenvalue weighted by Crippen LogP contribution is 2.33. The monoisotopic (exact) mass is 471 g/mol. The number of ether oxygens (including phenoxy) is 1. The molecule has 1 aromatic heterocycles. The third kappa shape index (κ3) is 4.92. The molecule has 0 bridgehead atoms. The Balaban J connectivity index is 1.96. The van der Waals surface area contributed by atoms with E-state index in [0.717, 1.165) is 6.07 Å². The molecule has 1 fully saturated rings.